The number of tetrazole rings is 1. The van der Waals surface area contributed by atoms with Gasteiger partial charge in [0.05, 0.1) is 31.5 Å². The number of thiazole rings is 1. The van der Waals surface area contributed by atoms with Crippen molar-refractivity contribution in [1.29, 1.82) is 0 Å². The first-order chi connectivity index (χ1) is 12.3. The van der Waals surface area contributed by atoms with Crippen molar-refractivity contribution < 1.29 is 9.47 Å². The van der Waals surface area contributed by atoms with Gasteiger partial charge in [-0.1, -0.05) is 17.8 Å². The lowest BCUT2D eigenvalue weighted by Gasteiger charge is -2.10. The summed E-state index contributed by atoms with van der Waals surface area (Å²) in [6.45, 7) is 0. The van der Waals surface area contributed by atoms with Gasteiger partial charge in [-0.05, 0) is 35.4 Å². The van der Waals surface area contributed by atoms with Crippen LogP contribution in [0, 0.1) is 0 Å². The molecule has 0 saturated heterocycles. The lowest BCUT2D eigenvalue weighted by Crippen LogP contribution is -1.98. The molecule has 130 valence electrons. The second-order valence-corrected chi connectivity index (χ2v) is 7.41. The van der Waals surface area contributed by atoms with E-state index in [1.165, 1.54) is 0 Å². The van der Waals surface area contributed by atoms with Gasteiger partial charge in [-0.15, -0.1) is 16.4 Å². The van der Waals surface area contributed by atoms with Gasteiger partial charge in [0, 0.05) is 11.1 Å². The number of rotatable bonds is 7. The van der Waals surface area contributed by atoms with E-state index >= 15 is 0 Å². The SMILES string of the molecule is COc1cccc(-c2nc(CSc3nnnn3C3CC3)cs2)c1OC. The minimum Gasteiger partial charge on any atom is -0.493 e. The molecule has 1 aromatic carbocycles. The summed E-state index contributed by atoms with van der Waals surface area (Å²) in [5, 5.41) is 15.8. The van der Waals surface area contributed by atoms with Crippen LogP contribution in [-0.2, 0) is 5.75 Å². The Kier molecular flexibility index (Phi) is 4.58. The Morgan fingerprint density at radius 2 is 2.16 bits per heavy atom. The first-order valence-electron chi connectivity index (χ1n) is 7.86. The Bertz CT molecular complexity index is 875. The Morgan fingerprint density at radius 1 is 1.28 bits per heavy atom. The normalized spacial score (nSPS) is 13.8. The highest BCUT2D eigenvalue weighted by molar-refractivity contribution is 7.98. The van der Waals surface area contributed by atoms with Crippen molar-refractivity contribution >= 4 is 23.1 Å². The summed E-state index contributed by atoms with van der Waals surface area (Å²) in [6.07, 6.45) is 2.32. The van der Waals surface area contributed by atoms with Crippen LogP contribution in [0.15, 0.2) is 28.7 Å². The molecule has 0 radical (unpaired) electrons. The molecule has 3 aromatic rings. The molecule has 0 unspecified atom stereocenters. The maximum absolute atomic E-state index is 5.51. The first-order valence-corrected chi connectivity index (χ1v) is 9.73. The molecule has 4 rings (SSSR count). The Balaban J connectivity index is 1.51. The molecule has 0 atom stereocenters. The number of hydrogen-bond acceptors (Lipinski definition) is 8. The topological polar surface area (TPSA) is 75.0 Å². The molecule has 1 aliphatic carbocycles. The Labute approximate surface area is 153 Å². The van der Waals surface area contributed by atoms with E-state index < -0.39 is 0 Å². The minimum absolute atomic E-state index is 0.476. The molecule has 0 amide bonds. The van der Waals surface area contributed by atoms with E-state index in [-0.39, 0.29) is 0 Å². The minimum atomic E-state index is 0.476. The van der Waals surface area contributed by atoms with E-state index in [9.17, 15) is 0 Å². The maximum Gasteiger partial charge on any atom is 0.209 e. The molecule has 0 bridgehead atoms. The average Bonchev–Trinajstić information content (AvgIpc) is 3.19. The van der Waals surface area contributed by atoms with E-state index in [1.54, 1.807) is 37.3 Å². The van der Waals surface area contributed by atoms with Crippen LogP contribution in [0.5, 0.6) is 11.5 Å². The lowest BCUT2D eigenvalue weighted by molar-refractivity contribution is 0.356. The second kappa shape index (κ2) is 7.01. The molecule has 0 aliphatic heterocycles. The third-order valence-corrected chi connectivity index (χ3v) is 5.78. The number of benzene rings is 1. The van der Waals surface area contributed by atoms with E-state index in [4.69, 9.17) is 14.5 Å². The van der Waals surface area contributed by atoms with Crippen LogP contribution in [-0.4, -0.2) is 39.4 Å². The van der Waals surface area contributed by atoms with Gasteiger partial charge in [0.25, 0.3) is 0 Å². The third kappa shape index (κ3) is 3.34. The quantitative estimate of drug-likeness (QED) is 0.586. The zero-order valence-electron chi connectivity index (χ0n) is 13.9. The monoisotopic (exact) mass is 375 g/mol. The van der Waals surface area contributed by atoms with Gasteiger partial charge in [0.1, 0.15) is 5.01 Å². The van der Waals surface area contributed by atoms with Gasteiger partial charge in [0.2, 0.25) is 5.16 Å². The number of methoxy groups -OCH3 is 2. The van der Waals surface area contributed by atoms with Crippen LogP contribution in [0.3, 0.4) is 0 Å². The van der Waals surface area contributed by atoms with Crippen LogP contribution < -0.4 is 9.47 Å². The number of aromatic nitrogens is 5. The molecular weight excluding hydrogens is 358 g/mol. The van der Waals surface area contributed by atoms with E-state index in [1.807, 2.05) is 22.9 Å². The van der Waals surface area contributed by atoms with Crippen LogP contribution in [0.4, 0.5) is 0 Å². The van der Waals surface area contributed by atoms with Crippen LogP contribution in [0.2, 0.25) is 0 Å². The predicted octanol–water partition coefficient (Wildman–Crippen LogP) is 3.44. The zero-order valence-corrected chi connectivity index (χ0v) is 15.5. The van der Waals surface area contributed by atoms with Crippen molar-refractivity contribution in [2.24, 2.45) is 0 Å². The molecule has 25 heavy (non-hydrogen) atoms. The molecule has 7 nitrogen and oxygen atoms in total. The molecule has 0 spiro atoms. The largest absolute Gasteiger partial charge is 0.493 e. The molecule has 1 saturated carbocycles. The van der Waals surface area contributed by atoms with Gasteiger partial charge in [-0.3, -0.25) is 0 Å². The summed E-state index contributed by atoms with van der Waals surface area (Å²) in [6, 6.07) is 6.29. The second-order valence-electron chi connectivity index (χ2n) is 5.61. The van der Waals surface area contributed by atoms with Gasteiger partial charge in [0.15, 0.2) is 11.5 Å². The highest BCUT2D eigenvalue weighted by Crippen LogP contribution is 2.40. The summed E-state index contributed by atoms with van der Waals surface area (Å²) in [7, 11) is 3.28. The smallest absolute Gasteiger partial charge is 0.209 e. The Morgan fingerprint density at radius 3 is 2.92 bits per heavy atom. The van der Waals surface area contributed by atoms with Crippen LogP contribution >= 0.6 is 23.1 Å². The number of nitrogens with zero attached hydrogens (tertiary/aromatic N) is 5. The van der Waals surface area contributed by atoms with Crippen molar-refractivity contribution in [2.45, 2.75) is 29.8 Å². The van der Waals surface area contributed by atoms with E-state index in [0.29, 0.717) is 17.5 Å². The molecule has 0 N–H and O–H groups in total. The zero-order chi connectivity index (χ0) is 17.2. The number of para-hydroxylation sites is 1. The molecular formula is C16H17N5O2S2. The van der Waals surface area contributed by atoms with Crippen molar-refractivity contribution in [1.82, 2.24) is 25.2 Å². The molecule has 9 heteroatoms. The number of thioether (sulfide) groups is 1. The standard InChI is InChI=1S/C16H17N5O2S2/c1-22-13-5-3-4-12(14(13)23-2)15-17-10(8-24-15)9-25-16-18-19-20-21(16)11-6-7-11/h3-5,8,11H,6-7,9H2,1-2H3. The highest BCUT2D eigenvalue weighted by Gasteiger charge is 2.28. The fraction of sp³-hybridized carbons (Fsp3) is 0.375. The van der Waals surface area contributed by atoms with E-state index in [0.717, 1.165) is 40.0 Å². The number of ether oxygens (including phenoxy) is 2. The molecule has 2 heterocycles. The third-order valence-electron chi connectivity index (χ3n) is 3.89. The highest BCUT2D eigenvalue weighted by atomic mass is 32.2. The van der Waals surface area contributed by atoms with E-state index in [2.05, 4.69) is 20.9 Å². The summed E-state index contributed by atoms with van der Waals surface area (Å²) < 4.78 is 12.8. The Hall–Kier alpha value is -2.13. The predicted molar refractivity (Wildman–Crippen MR) is 96.3 cm³/mol. The van der Waals surface area contributed by atoms with Crippen molar-refractivity contribution in [3.05, 3.63) is 29.3 Å². The lowest BCUT2D eigenvalue weighted by atomic mass is 10.2. The summed E-state index contributed by atoms with van der Waals surface area (Å²) in [5.41, 5.74) is 1.94. The average molecular weight is 375 g/mol. The van der Waals surface area contributed by atoms with Crippen molar-refractivity contribution in [2.75, 3.05) is 14.2 Å². The fourth-order valence-electron chi connectivity index (χ4n) is 2.52. The molecule has 1 fully saturated rings. The first kappa shape index (κ1) is 16.3. The summed E-state index contributed by atoms with van der Waals surface area (Å²) >= 11 is 3.21. The van der Waals surface area contributed by atoms with Crippen LogP contribution in [0.1, 0.15) is 24.6 Å². The molecule has 2 aromatic heterocycles. The van der Waals surface area contributed by atoms with Gasteiger partial charge >= 0.3 is 0 Å². The maximum atomic E-state index is 5.51. The number of hydrogen-bond donors (Lipinski definition) is 0. The summed E-state index contributed by atoms with van der Waals surface area (Å²) in [5.74, 6) is 2.14. The van der Waals surface area contributed by atoms with Crippen molar-refractivity contribution in [3.8, 4) is 22.1 Å². The summed E-state index contributed by atoms with van der Waals surface area (Å²) in [4.78, 5) is 4.74. The fourth-order valence-corrected chi connectivity index (χ4v) is 4.30. The molecule has 1 aliphatic rings. The van der Waals surface area contributed by atoms with Crippen molar-refractivity contribution in [3.63, 3.8) is 0 Å². The van der Waals surface area contributed by atoms with Gasteiger partial charge in [-0.25, -0.2) is 9.67 Å². The van der Waals surface area contributed by atoms with Crippen LogP contribution in [0.25, 0.3) is 10.6 Å². The van der Waals surface area contributed by atoms with Gasteiger partial charge in [-0.2, -0.15) is 0 Å². The van der Waals surface area contributed by atoms with Gasteiger partial charge < -0.3 is 9.47 Å².